The number of hydrogen-bond donors (Lipinski definition) is 1. The number of unbranched alkanes of at least 4 members (excludes halogenated alkanes) is 1. The number of alkyl halides is 1. The largest absolute Gasteiger partial charge is 0.497 e. The van der Waals surface area contributed by atoms with Gasteiger partial charge in [0.05, 0.1) is 19.9 Å². The molecule has 7 nitrogen and oxygen atoms in total. The van der Waals surface area contributed by atoms with Crippen LogP contribution < -0.4 is 15.7 Å². The Labute approximate surface area is 163 Å². The second kappa shape index (κ2) is 8.43. The molecular formula is C19H24ClN5O2. The Hall–Kier alpha value is -2.54. The molecule has 1 aromatic carbocycles. The number of nitrogens with zero attached hydrogens (tertiary/aromatic N) is 4. The summed E-state index contributed by atoms with van der Waals surface area (Å²) in [5.74, 6) is 1.28. The van der Waals surface area contributed by atoms with Crippen molar-refractivity contribution in [1.82, 2.24) is 19.1 Å². The van der Waals surface area contributed by atoms with Gasteiger partial charge in [-0.25, -0.2) is 9.78 Å². The topological polar surface area (TPSA) is 74.0 Å². The number of methoxy groups -OCH3 is 1. The monoisotopic (exact) mass is 389 g/mol. The Morgan fingerprint density at radius 2 is 2.04 bits per heavy atom. The minimum Gasteiger partial charge on any atom is -0.497 e. The van der Waals surface area contributed by atoms with Crippen molar-refractivity contribution in [3.8, 4) is 5.75 Å². The molecule has 2 heterocycles. The van der Waals surface area contributed by atoms with Gasteiger partial charge in [0.25, 0.3) is 0 Å². The van der Waals surface area contributed by atoms with Gasteiger partial charge in [-0.3, -0.25) is 9.13 Å². The lowest BCUT2D eigenvalue weighted by molar-refractivity contribution is 0.414. The molecule has 1 atom stereocenters. The molecule has 0 fully saturated rings. The summed E-state index contributed by atoms with van der Waals surface area (Å²) >= 11 is 6.25. The SMILES string of the molecule is CCCCNc1ncc2c(n1)n(Cc1ccc(OC)cc1)c(=O)n2C(C)Cl. The summed E-state index contributed by atoms with van der Waals surface area (Å²) in [4.78, 5) is 21.9. The summed E-state index contributed by atoms with van der Waals surface area (Å²) in [5, 5.41) is 3.21. The third kappa shape index (κ3) is 4.08. The first-order valence-corrected chi connectivity index (χ1v) is 9.47. The van der Waals surface area contributed by atoms with E-state index in [0.29, 0.717) is 23.7 Å². The van der Waals surface area contributed by atoms with E-state index in [1.165, 1.54) is 4.57 Å². The fraction of sp³-hybridized carbons (Fsp3) is 0.421. The molecule has 0 amide bonds. The Kier molecular flexibility index (Phi) is 6.01. The van der Waals surface area contributed by atoms with Gasteiger partial charge in [-0.15, -0.1) is 0 Å². The first-order valence-electron chi connectivity index (χ1n) is 9.03. The molecule has 144 valence electrons. The Morgan fingerprint density at radius 1 is 1.30 bits per heavy atom. The molecule has 0 saturated carbocycles. The van der Waals surface area contributed by atoms with E-state index >= 15 is 0 Å². The summed E-state index contributed by atoms with van der Waals surface area (Å²) in [6, 6.07) is 7.60. The number of ether oxygens (including phenoxy) is 1. The Bertz CT molecular complexity index is 963. The highest BCUT2D eigenvalue weighted by Crippen LogP contribution is 2.20. The van der Waals surface area contributed by atoms with Crippen LogP contribution in [0.4, 0.5) is 5.95 Å². The first kappa shape index (κ1) is 19.2. The van der Waals surface area contributed by atoms with Crippen LogP contribution in [0.5, 0.6) is 5.75 Å². The van der Waals surface area contributed by atoms with Crippen molar-refractivity contribution < 1.29 is 4.74 Å². The average molecular weight is 390 g/mol. The van der Waals surface area contributed by atoms with Crippen LogP contribution >= 0.6 is 11.6 Å². The highest BCUT2D eigenvalue weighted by atomic mass is 35.5. The van der Waals surface area contributed by atoms with Crippen molar-refractivity contribution in [3.63, 3.8) is 0 Å². The minimum atomic E-state index is -0.500. The predicted molar refractivity (Wildman–Crippen MR) is 108 cm³/mol. The third-order valence-electron chi connectivity index (χ3n) is 4.37. The van der Waals surface area contributed by atoms with Gasteiger partial charge in [0, 0.05) is 6.54 Å². The van der Waals surface area contributed by atoms with E-state index in [0.717, 1.165) is 30.7 Å². The van der Waals surface area contributed by atoms with E-state index in [1.807, 2.05) is 24.3 Å². The molecule has 1 unspecified atom stereocenters. The summed E-state index contributed by atoms with van der Waals surface area (Å²) in [5.41, 5.74) is 1.45. The molecule has 3 aromatic rings. The van der Waals surface area contributed by atoms with E-state index in [-0.39, 0.29) is 5.69 Å². The smallest absolute Gasteiger partial charge is 0.331 e. The van der Waals surface area contributed by atoms with Crippen LogP contribution in [0.15, 0.2) is 35.3 Å². The van der Waals surface area contributed by atoms with Crippen molar-refractivity contribution in [2.75, 3.05) is 19.0 Å². The number of fused-ring (bicyclic) bond motifs is 1. The molecule has 0 saturated heterocycles. The van der Waals surface area contributed by atoms with Crippen molar-refractivity contribution in [3.05, 3.63) is 46.5 Å². The van der Waals surface area contributed by atoms with Gasteiger partial charge in [0.1, 0.15) is 16.8 Å². The van der Waals surface area contributed by atoms with Crippen LogP contribution in [0.25, 0.3) is 11.2 Å². The Balaban J connectivity index is 2.03. The molecule has 0 spiro atoms. The van der Waals surface area contributed by atoms with Gasteiger partial charge in [-0.05, 0) is 31.0 Å². The van der Waals surface area contributed by atoms with E-state index < -0.39 is 5.50 Å². The number of anilines is 1. The summed E-state index contributed by atoms with van der Waals surface area (Å²) in [7, 11) is 1.62. The molecule has 3 rings (SSSR count). The van der Waals surface area contributed by atoms with Crippen LogP contribution in [0.3, 0.4) is 0 Å². The van der Waals surface area contributed by atoms with Crippen LogP contribution in [-0.4, -0.2) is 32.8 Å². The lowest BCUT2D eigenvalue weighted by Gasteiger charge is -2.06. The number of halogens is 1. The second-order valence-corrected chi connectivity index (χ2v) is 6.98. The average Bonchev–Trinajstić information content (AvgIpc) is 2.94. The number of rotatable bonds is 8. The number of nitrogens with one attached hydrogen (secondary N) is 1. The maximum atomic E-state index is 13.0. The number of aromatic nitrogens is 4. The quantitative estimate of drug-likeness (QED) is 0.470. The molecule has 2 aromatic heterocycles. The van der Waals surface area contributed by atoms with Gasteiger partial charge in [0.2, 0.25) is 5.95 Å². The van der Waals surface area contributed by atoms with E-state index in [1.54, 1.807) is 24.8 Å². The van der Waals surface area contributed by atoms with Gasteiger partial charge in [-0.2, -0.15) is 4.98 Å². The van der Waals surface area contributed by atoms with Gasteiger partial charge in [0.15, 0.2) is 5.65 Å². The van der Waals surface area contributed by atoms with Crippen LogP contribution in [0, 0.1) is 0 Å². The first-order chi connectivity index (χ1) is 13.0. The van der Waals surface area contributed by atoms with E-state index in [2.05, 4.69) is 22.2 Å². The third-order valence-corrected chi connectivity index (χ3v) is 4.57. The van der Waals surface area contributed by atoms with Gasteiger partial charge < -0.3 is 10.1 Å². The minimum absolute atomic E-state index is 0.205. The molecule has 8 heteroatoms. The zero-order valence-electron chi connectivity index (χ0n) is 15.8. The van der Waals surface area contributed by atoms with Crippen LogP contribution in [0.1, 0.15) is 37.8 Å². The van der Waals surface area contributed by atoms with Crippen molar-refractivity contribution >= 4 is 28.7 Å². The van der Waals surface area contributed by atoms with Gasteiger partial charge in [-0.1, -0.05) is 37.1 Å². The standard InChI is InChI=1S/C19H24ClN5O2/c1-4-5-10-21-18-22-11-16-17(23-18)24(19(26)25(16)13(2)20)12-14-6-8-15(27-3)9-7-14/h6-9,11,13H,4-5,10,12H2,1-3H3,(H,21,22,23). The maximum absolute atomic E-state index is 13.0. The number of hydrogen-bond acceptors (Lipinski definition) is 5. The number of imidazole rings is 1. The number of benzene rings is 1. The molecule has 27 heavy (non-hydrogen) atoms. The zero-order chi connectivity index (χ0) is 19.4. The highest BCUT2D eigenvalue weighted by molar-refractivity contribution is 6.19. The maximum Gasteiger partial charge on any atom is 0.331 e. The normalized spacial score (nSPS) is 12.3. The fourth-order valence-corrected chi connectivity index (χ4v) is 3.11. The van der Waals surface area contributed by atoms with E-state index in [9.17, 15) is 4.79 Å². The molecule has 0 bridgehead atoms. The molecular weight excluding hydrogens is 366 g/mol. The molecule has 0 aliphatic rings. The second-order valence-electron chi connectivity index (χ2n) is 6.34. The predicted octanol–water partition coefficient (Wildman–Crippen LogP) is 3.62. The van der Waals surface area contributed by atoms with Gasteiger partial charge >= 0.3 is 5.69 Å². The van der Waals surface area contributed by atoms with Crippen molar-refractivity contribution in [1.29, 1.82) is 0 Å². The van der Waals surface area contributed by atoms with Crippen LogP contribution in [0.2, 0.25) is 0 Å². The zero-order valence-corrected chi connectivity index (χ0v) is 16.5. The van der Waals surface area contributed by atoms with Crippen LogP contribution in [-0.2, 0) is 6.54 Å². The Morgan fingerprint density at radius 3 is 2.67 bits per heavy atom. The lowest BCUT2D eigenvalue weighted by atomic mass is 10.2. The molecule has 0 radical (unpaired) electrons. The highest BCUT2D eigenvalue weighted by Gasteiger charge is 2.18. The van der Waals surface area contributed by atoms with E-state index in [4.69, 9.17) is 16.3 Å². The van der Waals surface area contributed by atoms with Crippen molar-refractivity contribution in [2.24, 2.45) is 0 Å². The summed E-state index contributed by atoms with van der Waals surface area (Å²) in [6.45, 7) is 5.06. The molecule has 0 aliphatic heterocycles. The summed E-state index contributed by atoms with van der Waals surface area (Å²) in [6.07, 6.45) is 3.76. The summed E-state index contributed by atoms with van der Waals surface area (Å²) < 4.78 is 8.33. The molecule has 0 aliphatic carbocycles. The molecule has 1 N–H and O–H groups in total. The van der Waals surface area contributed by atoms with Crippen molar-refractivity contribution in [2.45, 2.75) is 38.7 Å². The lowest BCUT2D eigenvalue weighted by Crippen LogP contribution is -2.25. The fourth-order valence-electron chi connectivity index (χ4n) is 2.92.